The van der Waals surface area contributed by atoms with Crippen LogP contribution in [0.15, 0.2) is 41.8 Å². The van der Waals surface area contributed by atoms with E-state index in [0.29, 0.717) is 54.5 Å². The summed E-state index contributed by atoms with van der Waals surface area (Å²) in [6.45, 7) is 10.1. The number of aromatic nitrogens is 1. The van der Waals surface area contributed by atoms with Crippen molar-refractivity contribution in [1.29, 1.82) is 0 Å². The molecule has 0 spiro atoms. The average molecular weight is 921 g/mol. The van der Waals surface area contributed by atoms with E-state index in [-0.39, 0.29) is 62.2 Å². The summed E-state index contributed by atoms with van der Waals surface area (Å²) in [5, 5.41) is 4.47. The highest BCUT2D eigenvalue weighted by Crippen LogP contribution is 2.47. The molecular weight excluding hydrogens is 857 g/mol. The molecule has 5 fully saturated rings. The van der Waals surface area contributed by atoms with Crippen LogP contribution in [0.2, 0.25) is 0 Å². The molecular formula is C47H64N6O9S2. The number of carbonyl (C=O) groups excluding carboxylic acids is 5. The molecule has 2 aromatic rings. The van der Waals surface area contributed by atoms with Crippen molar-refractivity contribution in [2.75, 3.05) is 53.0 Å². The fourth-order valence-electron chi connectivity index (χ4n) is 10.2. The number of carbonyl (C=O) groups is 5. The number of fused-ring (bicyclic) bond motifs is 4. The Morgan fingerprint density at radius 1 is 1.00 bits per heavy atom. The summed E-state index contributed by atoms with van der Waals surface area (Å²) in [5.41, 5.74) is -0.317. The smallest absolute Gasteiger partial charge is 0.306 e. The third kappa shape index (κ3) is 10.4. The van der Waals surface area contributed by atoms with Gasteiger partial charge in [0.05, 0.1) is 31.1 Å². The maximum atomic E-state index is 14.9. The molecule has 1 aromatic carbocycles. The predicted octanol–water partition coefficient (Wildman–Crippen LogP) is 5.03. The molecule has 2 aliphatic carbocycles. The Kier molecular flexibility index (Phi) is 13.6. The molecule has 2 N–H and O–H groups in total. The molecule has 0 unspecified atom stereocenters. The number of likely N-dealkylation sites (tertiary alicyclic amines) is 2. The van der Waals surface area contributed by atoms with E-state index in [1.165, 1.54) is 11.3 Å². The second-order valence-corrected chi connectivity index (χ2v) is 22.9. The number of allylic oxidation sites excluding steroid dienone is 1. The molecule has 2 saturated carbocycles. The van der Waals surface area contributed by atoms with Crippen LogP contribution in [0.25, 0.3) is 11.3 Å². The first kappa shape index (κ1) is 46.2. The van der Waals surface area contributed by atoms with Crippen LogP contribution in [0.5, 0.6) is 5.75 Å². The largest absolute Gasteiger partial charge is 0.497 e. The fraction of sp³-hybridized carbons (Fsp3) is 0.660. The zero-order chi connectivity index (χ0) is 45.4. The summed E-state index contributed by atoms with van der Waals surface area (Å²) in [6.07, 6.45) is 10.6. The fourth-order valence-corrected chi connectivity index (χ4v) is 12.3. The van der Waals surface area contributed by atoms with Gasteiger partial charge in [-0.05, 0) is 94.6 Å². The van der Waals surface area contributed by atoms with E-state index in [1.807, 2.05) is 41.8 Å². The minimum Gasteiger partial charge on any atom is -0.497 e. The second-order valence-electron chi connectivity index (χ2n) is 20.0. The Morgan fingerprint density at radius 3 is 2.47 bits per heavy atom. The lowest BCUT2D eigenvalue weighted by molar-refractivity contribution is -0.153. The maximum Gasteiger partial charge on any atom is 0.306 e. The SMILES string of the molecule is COc1ccc(-c2csc(C(=O)N3C[C@H]4CN5C(=O)[C@@H](CC(=O)OCC(C)(C)CN6CCC(C)CC6)CCCCC/C=C\[C@@H]6C[C@@]6(C(=O)NS(=O)(=O)C6CC6)NC(=O)[C@@H]5[C@H]4C3)n2)cc1. The van der Waals surface area contributed by atoms with Crippen molar-refractivity contribution in [2.45, 2.75) is 108 Å². The standard InChI is InChI=1S/C47H64N6O9S2/c1-30-18-20-51(21-19-30)28-46(2,3)29-62-39(54)22-32-10-8-6-5-7-9-11-34-23-47(34,45(58)50-64(59,60)36-16-17-36)49-41(55)40-37-26-52(24-33(37)25-53(40)43(32)56)44(57)42-48-38(27-63-42)31-12-14-35(61-4)15-13-31/h9,11-15,27,30,32-34,36-37,40H,5-8,10,16-26,28-29H2,1-4H3,(H,49,55)(H,50,58)/b11-9-/t32-,33+,34-,37+,40+,47-/m1/s1. The van der Waals surface area contributed by atoms with Gasteiger partial charge in [-0.3, -0.25) is 28.7 Å². The van der Waals surface area contributed by atoms with E-state index in [1.54, 1.807) is 16.9 Å². The molecule has 17 heteroatoms. The quantitative estimate of drug-likeness (QED) is 0.215. The van der Waals surface area contributed by atoms with E-state index in [9.17, 15) is 32.4 Å². The van der Waals surface area contributed by atoms with E-state index in [4.69, 9.17) is 9.47 Å². The van der Waals surface area contributed by atoms with E-state index in [2.05, 4.69) is 40.7 Å². The van der Waals surface area contributed by atoms with Crippen LogP contribution in [0.3, 0.4) is 0 Å². The van der Waals surface area contributed by atoms with Gasteiger partial charge in [-0.2, -0.15) is 0 Å². The number of rotatable bonds is 12. The minimum atomic E-state index is -3.92. The van der Waals surface area contributed by atoms with Crippen LogP contribution in [0.4, 0.5) is 0 Å². The Hall–Kier alpha value is -4.35. The minimum absolute atomic E-state index is 0.130. The second kappa shape index (κ2) is 18.9. The molecule has 15 nitrogen and oxygen atoms in total. The number of nitrogens with one attached hydrogen (secondary N) is 2. The number of piperidine rings is 1. The molecule has 64 heavy (non-hydrogen) atoms. The molecule has 0 radical (unpaired) electrons. The molecule has 6 aliphatic rings. The number of hydrogen-bond acceptors (Lipinski definition) is 12. The third-order valence-electron chi connectivity index (χ3n) is 14.2. The molecule has 348 valence electrons. The molecule has 5 heterocycles. The van der Waals surface area contributed by atoms with E-state index >= 15 is 0 Å². The van der Waals surface area contributed by atoms with Crippen LogP contribution in [0, 0.1) is 35.0 Å². The topological polar surface area (TPSA) is 185 Å². The summed E-state index contributed by atoms with van der Waals surface area (Å²) in [6, 6.07) is 6.33. The van der Waals surface area contributed by atoms with Gasteiger partial charge < -0.3 is 29.5 Å². The Labute approximate surface area is 381 Å². The highest BCUT2D eigenvalue weighted by molar-refractivity contribution is 7.91. The maximum absolute atomic E-state index is 14.9. The Bertz CT molecular complexity index is 2220. The summed E-state index contributed by atoms with van der Waals surface area (Å²) >= 11 is 1.24. The van der Waals surface area contributed by atoms with Crippen molar-refractivity contribution >= 4 is 51.0 Å². The molecule has 0 bridgehead atoms. The summed E-state index contributed by atoms with van der Waals surface area (Å²) in [4.78, 5) is 81.8. The highest BCUT2D eigenvalue weighted by Gasteiger charge is 2.63. The highest BCUT2D eigenvalue weighted by atomic mass is 32.2. The number of hydrogen-bond donors (Lipinski definition) is 2. The van der Waals surface area contributed by atoms with Crippen molar-refractivity contribution in [3.05, 3.63) is 46.8 Å². The number of thiazole rings is 1. The van der Waals surface area contributed by atoms with Gasteiger partial charge in [-0.25, -0.2) is 13.4 Å². The Balaban J connectivity index is 1.02. The van der Waals surface area contributed by atoms with Crippen LogP contribution in [0.1, 0.15) is 101 Å². The third-order valence-corrected chi connectivity index (χ3v) is 16.9. The van der Waals surface area contributed by atoms with Crippen molar-refractivity contribution in [3.8, 4) is 17.0 Å². The number of methoxy groups -OCH3 is 1. The monoisotopic (exact) mass is 920 g/mol. The summed E-state index contributed by atoms with van der Waals surface area (Å²) < 4.78 is 39.5. The van der Waals surface area contributed by atoms with Gasteiger partial charge in [0.1, 0.15) is 17.3 Å². The van der Waals surface area contributed by atoms with Crippen LogP contribution < -0.4 is 14.8 Å². The molecule has 6 atom stereocenters. The summed E-state index contributed by atoms with van der Waals surface area (Å²) in [7, 11) is -2.32. The number of amides is 4. The lowest BCUT2D eigenvalue weighted by Crippen LogP contribution is -2.58. The van der Waals surface area contributed by atoms with Gasteiger partial charge in [0.2, 0.25) is 21.8 Å². The first-order valence-electron chi connectivity index (χ1n) is 23.2. The van der Waals surface area contributed by atoms with E-state index in [0.717, 1.165) is 50.9 Å². The van der Waals surface area contributed by atoms with Gasteiger partial charge in [0, 0.05) is 66.2 Å². The number of ether oxygens (including phenoxy) is 2. The molecule has 1 aromatic heterocycles. The van der Waals surface area contributed by atoms with Crippen molar-refractivity contribution in [3.63, 3.8) is 0 Å². The van der Waals surface area contributed by atoms with Gasteiger partial charge in [-0.15, -0.1) is 11.3 Å². The van der Waals surface area contributed by atoms with Crippen LogP contribution >= 0.6 is 11.3 Å². The average Bonchev–Trinajstić information content (AvgIpc) is 4.09. The zero-order valence-corrected chi connectivity index (χ0v) is 39.2. The first-order valence-corrected chi connectivity index (χ1v) is 25.6. The Morgan fingerprint density at radius 2 is 1.75 bits per heavy atom. The number of esters is 1. The molecule has 8 rings (SSSR count). The summed E-state index contributed by atoms with van der Waals surface area (Å²) in [5.74, 6) is -2.94. The van der Waals surface area contributed by atoms with Crippen LogP contribution in [-0.2, 0) is 33.9 Å². The number of benzene rings is 1. The number of sulfonamides is 1. The van der Waals surface area contributed by atoms with Crippen LogP contribution in [-0.4, -0.2) is 128 Å². The normalized spacial score (nSPS) is 28.8. The van der Waals surface area contributed by atoms with Gasteiger partial charge >= 0.3 is 5.97 Å². The van der Waals surface area contributed by atoms with Crippen molar-refractivity contribution < 1.29 is 41.9 Å². The molecule has 4 aliphatic heterocycles. The lowest BCUT2D eigenvalue weighted by atomic mass is 9.91. The first-order chi connectivity index (χ1) is 30.6. The number of nitrogens with zero attached hydrogens (tertiary/aromatic N) is 4. The molecule has 4 amide bonds. The zero-order valence-electron chi connectivity index (χ0n) is 37.6. The predicted molar refractivity (Wildman–Crippen MR) is 241 cm³/mol. The lowest BCUT2D eigenvalue weighted by Gasteiger charge is -2.36. The molecule has 3 saturated heterocycles. The van der Waals surface area contributed by atoms with Gasteiger partial charge in [0.15, 0.2) is 5.01 Å². The van der Waals surface area contributed by atoms with Crippen molar-refractivity contribution in [2.24, 2.45) is 35.0 Å². The van der Waals surface area contributed by atoms with Gasteiger partial charge in [0.25, 0.3) is 11.8 Å². The van der Waals surface area contributed by atoms with E-state index < -0.39 is 62.4 Å². The van der Waals surface area contributed by atoms with Gasteiger partial charge in [-0.1, -0.05) is 45.8 Å². The van der Waals surface area contributed by atoms with Crippen molar-refractivity contribution in [1.82, 2.24) is 29.7 Å².